The van der Waals surface area contributed by atoms with Gasteiger partial charge in [0.2, 0.25) is 0 Å². The van der Waals surface area contributed by atoms with E-state index in [4.69, 9.17) is 11.0 Å². The molecule has 0 fully saturated rings. The number of benzene rings is 1. The molecule has 0 atom stereocenters. The summed E-state index contributed by atoms with van der Waals surface area (Å²) in [4.78, 5) is 0. The van der Waals surface area contributed by atoms with E-state index in [9.17, 15) is 13.2 Å². The van der Waals surface area contributed by atoms with Crippen molar-refractivity contribution in [2.24, 2.45) is 0 Å². The third-order valence-electron chi connectivity index (χ3n) is 1.83. The van der Waals surface area contributed by atoms with E-state index >= 15 is 0 Å². The van der Waals surface area contributed by atoms with E-state index in [0.717, 1.165) is 12.1 Å². The van der Waals surface area contributed by atoms with Crippen LogP contribution in [0.1, 0.15) is 16.7 Å². The van der Waals surface area contributed by atoms with E-state index in [-0.39, 0.29) is 5.69 Å². The van der Waals surface area contributed by atoms with Gasteiger partial charge in [-0.25, -0.2) is 0 Å². The SMILES string of the molecule is Cc1cc(C(F)(F)F)c(C#N)cc1N. The van der Waals surface area contributed by atoms with Crippen LogP contribution in [0.15, 0.2) is 12.1 Å². The van der Waals surface area contributed by atoms with E-state index in [0.29, 0.717) is 5.56 Å². The van der Waals surface area contributed by atoms with Gasteiger partial charge in [0.1, 0.15) is 0 Å². The molecule has 74 valence electrons. The minimum atomic E-state index is -4.51. The normalized spacial score (nSPS) is 11.1. The second kappa shape index (κ2) is 3.22. The zero-order chi connectivity index (χ0) is 10.9. The number of hydrogen-bond donors (Lipinski definition) is 1. The molecular formula is C9H7F3N2. The Kier molecular flexibility index (Phi) is 2.39. The second-order valence-electron chi connectivity index (χ2n) is 2.86. The summed E-state index contributed by atoms with van der Waals surface area (Å²) in [6, 6.07) is 3.39. The molecule has 0 heterocycles. The number of halogens is 3. The van der Waals surface area contributed by atoms with Crippen LogP contribution in [0.4, 0.5) is 18.9 Å². The monoisotopic (exact) mass is 200 g/mol. The Morgan fingerprint density at radius 3 is 2.36 bits per heavy atom. The van der Waals surface area contributed by atoms with Crippen LogP contribution in [-0.4, -0.2) is 0 Å². The van der Waals surface area contributed by atoms with Crippen molar-refractivity contribution in [2.75, 3.05) is 5.73 Å². The molecule has 0 saturated carbocycles. The van der Waals surface area contributed by atoms with Crippen LogP contribution in [-0.2, 0) is 6.18 Å². The van der Waals surface area contributed by atoms with E-state index < -0.39 is 17.3 Å². The molecule has 0 aliphatic rings. The maximum Gasteiger partial charge on any atom is 0.417 e. The maximum absolute atomic E-state index is 12.4. The Morgan fingerprint density at radius 2 is 1.93 bits per heavy atom. The van der Waals surface area contributed by atoms with Crippen molar-refractivity contribution >= 4 is 5.69 Å². The molecule has 0 aliphatic carbocycles. The first-order chi connectivity index (χ1) is 6.36. The number of hydrogen-bond acceptors (Lipinski definition) is 2. The zero-order valence-electron chi connectivity index (χ0n) is 7.31. The molecule has 1 aromatic carbocycles. The van der Waals surface area contributed by atoms with E-state index in [1.165, 1.54) is 13.0 Å². The molecule has 14 heavy (non-hydrogen) atoms. The van der Waals surface area contributed by atoms with Gasteiger partial charge in [-0.3, -0.25) is 0 Å². The van der Waals surface area contributed by atoms with Crippen LogP contribution < -0.4 is 5.73 Å². The van der Waals surface area contributed by atoms with E-state index in [1.807, 2.05) is 0 Å². The summed E-state index contributed by atoms with van der Waals surface area (Å²) >= 11 is 0. The highest BCUT2D eigenvalue weighted by Crippen LogP contribution is 2.33. The van der Waals surface area contributed by atoms with Crippen molar-refractivity contribution in [2.45, 2.75) is 13.1 Å². The molecule has 1 rings (SSSR count). The van der Waals surface area contributed by atoms with E-state index in [1.54, 1.807) is 0 Å². The van der Waals surface area contributed by atoms with Crippen molar-refractivity contribution < 1.29 is 13.2 Å². The lowest BCUT2D eigenvalue weighted by Gasteiger charge is -2.10. The van der Waals surface area contributed by atoms with Crippen LogP contribution in [0.3, 0.4) is 0 Å². The molecule has 2 N–H and O–H groups in total. The smallest absolute Gasteiger partial charge is 0.398 e. The fraction of sp³-hybridized carbons (Fsp3) is 0.222. The molecule has 1 aromatic rings. The fourth-order valence-electron chi connectivity index (χ4n) is 1.05. The molecule has 0 amide bonds. The number of alkyl halides is 3. The Bertz CT molecular complexity index is 402. The molecule has 0 spiro atoms. The Morgan fingerprint density at radius 1 is 1.36 bits per heavy atom. The lowest BCUT2D eigenvalue weighted by molar-refractivity contribution is -0.137. The summed E-state index contributed by atoms with van der Waals surface area (Å²) in [5.74, 6) is 0. The number of nitrogens with zero attached hydrogens (tertiary/aromatic N) is 1. The predicted octanol–water partition coefficient (Wildman–Crippen LogP) is 2.47. The van der Waals surface area contributed by atoms with Gasteiger partial charge in [0, 0.05) is 5.69 Å². The van der Waals surface area contributed by atoms with Crippen molar-refractivity contribution in [3.8, 4) is 6.07 Å². The van der Waals surface area contributed by atoms with Crippen molar-refractivity contribution in [3.63, 3.8) is 0 Å². The molecule has 0 radical (unpaired) electrons. The highest BCUT2D eigenvalue weighted by Gasteiger charge is 2.33. The summed E-state index contributed by atoms with van der Waals surface area (Å²) in [5, 5.41) is 8.49. The van der Waals surface area contributed by atoms with Gasteiger partial charge in [-0.05, 0) is 24.6 Å². The lowest BCUT2D eigenvalue weighted by atomic mass is 10.0. The lowest BCUT2D eigenvalue weighted by Crippen LogP contribution is -2.09. The number of anilines is 1. The molecular weight excluding hydrogens is 193 g/mol. The molecule has 0 bridgehead atoms. The first kappa shape index (κ1) is 10.4. The number of nitrogens with two attached hydrogens (primary N) is 1. The van der Waals surface area contributed by atoms with Gasteiger partial charge >= 0.3 is 6.18 Å². The summed E-state index contributed by atoms with van der Waals surface area (Å²) in [7, 11) is 0. The standard InChI is InChI=1S/C9H7F3N2/c1-5-2-7(9(10,11)12)6(4-13)3-8(5)14/h2-3H,14H2,1H3. The van der Waals surface area contributed by atoms with Gasteiger partial charge in [-0.1, -0.05) is 0 Å². The quantitative estimate of drug-likeness (QED) is 0.654. The first-order valence-electron chi connectivity index (χ1n) is 3.73. The molecule has 2 nitrogen and oxygen atoms in total. The minimum Gasteiger partial charge on any atom is -0.398 e. The molecule has 0 aromatic heterocycles. The van der Waals surface area contributed by atoms with Gasteiger partial charge in [0.15, 0.2) is 0 Å². The van der Waals surface area contributed by atoms with Gasteiger partial charge in [-0.2, -0.15) is 18.4 Å². The average molecular weight is 200 g/mol. The highest BCUT2D eigenvalue weighted by atomic mass is 19.4. The highest BCUT2D eigenvalue weighted by molar-refractivity contribution is 5.55. The van der Waals surface area contributed by atoms with Crippen molar-refractivity contribution in [1.29, 1.82) is 5.26 Å². The van der Waals surface area contributed by atoms with Gasteiger partial charge in [0.25, 0.3) is 0 Å². The summed E-state index contributed by atoms with van der Waals surface area (Å²) < 4.78 is 37.1. The number of aryl methyl sites for hydroxylation is 1. The van der Waals surface area contributed by atoms with Crippen LogP contribution in [0, 0.1) is 18.3 Å². The third-order valence-corrected chi connectivity index (χ3v) is 1.83. The first-order valence-corrected chi connectivity index (χ1v) is 3.73. The molecule has 5 heteroatoms. The van der Waals surface area contributed by atoms with E-state index in [2.05, 4.69) is 0 Å². The zero-order valence-corrected chi connectivity index (χ0v) is 7.31. The second-order valence-corrected chi connectivity index (χ2v) is 2.86. The maximum atomic E-state index is 12.4. The molecule has 0 unspecified atom stereocenters. The largest absolute Gasteiger partial charge is 0.417 e. The number of nitriles is 1. The summed E-state index contributed by atoms with van der Waals surface area (Å²) in [5.41, 5.74) is 4.51. The minimum absolute atomic E-state index is 0.189. The molecule has 0 saturated heterocycles. The van der Waals surface area contributed by atoms with Gasteiger partial charge < -0.3 is 5.73 Å². The Balaban J connectivity index is 3.45. The number of rotatable bonds is 0. The summed E-state index contributed by atoms with van der Waals surface area (Å²) in [6.07, 6.45) is -4.51. The third kappa shape index (κ3) is 1.79. The predicted molar refractivity (Wildman–Crippen MR) is 45.3 cm³/mol. The summed E-state index contributed by atoms with van der Waals surface area (Å²) in [6.45, 7) is 1.46. The Labute approximate surface area is 78.8 Å². The van der Waals surface area contributed by atoms with Gasteiger partial charge in [0.05, 0.1) is 17.2 Å². The van der Waals surface area contributed by atoms with Crippen molar-refractivity contribution in [3.05, 3.63) is 28.8 Å². The topological polar surface area (TPSA) is 49.8 Å². The van der Waals surface area contributed by atoms with Crippen LogP contribution in [0.5, 0.6) is 0 Å². The van der Waals surface area contributed by atoms with Crippen LogP contribution >= 0.6 is 0 Å². The molecule has 0 aliphatic heterocycles. The Hall–Kier alpha value is -1.70. The van der Waals surface area contributed by atoms with Crippen molar-refractivity contribution in [1.82, 2.24) is 0 Å². The van der Waals surface area contributed by atoms with Crippen LogP contribution in [0.25, 0.3) is 0 Å². The van der Waals surface area contributed by atoms with Crippen LogP contribution in [0.2, 0.25) is 0 Å². The fourth-order valence-corrected chi connectivity index (χ4v) is 1.05. The number of nitrogen functional groups attached to an aromatic ring is 1. The van der Waals surface area contributed by atoms with Gasteiger partial charge in [-0.15, -0.1) is 0 Å². The average Bonchev–Trinajstić information content (AvgIpc) is 2.07.